The number of benzene rings is 1. The van der Waals surface area contributed by atoms with Crippen LogP contribution in [0.25, 0.3) is 10.9 Å². The molecule has 1 fully saturated rings. The van der Waals surface area contributed by atoms with Crippen molar-refractivity contribution in [2.45, 2.75) is 25.8 Å². The zero-order valence-corrected chi connectivity index (χ0v) is 10.6. The number of carboxylic acids is 1. The molecule has 0 saturated heterocycles. The van der Waals surface area contributed by atoms with Gasteiger partial charge in [0.05, 0.1) is 5.52 Å². The summed E-state index contributed by atoms with van der Waals surface area (Å²) in [6.07, 6.45) is 1.52. The average molecular weight is 279 g/mol. The molecular weight excluding hydrogens is 268 g/mol. The molecule has 1 aromatic heterocycles. The van der Waals surface area contributed by atoms with Gasteiger partial charge in [-0.05, 0) is 25.8 Å². The Hall–Kier alpha value is -2.24. The summed E-state index contributed by atoms with van der Waals surface area (Å²) in [5.74, 6) is -3.44. The number of hydrogen-bond donors (Lipinski definition) is 1. The van der Waals surface area contributed by atoms with Crippen molar-refractivity contribution >= 4 is 16.9 Å². The van der Waals surface area contributed by atoms with Gasteiger partial charge in [0.1, 0.15) is 5.69 Å². The van der Waals surface area contributed by atoms with Crippen molar-refractivity contribution in [1.29, 1.82) is 0 Å². The molecule has 20 heavy (non-hydrogen) atoms. The molecule has 2 aromatic rings. The minimum Gasteiger partial charge on any atom is -0.477 e. The molecule has 6 heteroatoms. The molecule has 1 heterocycles. The standard InChI is InChI=1S/C14H11F2NO3/c1-6-12(14(19)20)17(7-2-3-7)11-5-10(16)9(15)4-8(11)13(6)18/h4-5,7H,2-3H2,1H3,(H,19,20). The second-order valence-corrected chi connectivity index (χ2v) is 4.99. The minimum atomic E-state index is -1.24. The fourth-order valence-corrected chi connectivity index (χ4v) is 2.50. The molecule has 1 aromatic carbocycles. The Morgan fingerprint density at radius 2 is 1.90 bits per heavy atom. The van der Waals surface area contributed by atoms with Crippen LogP contribution in [0.5, 0.6) is 0 Å². The summed E-state index contributed by atoms with van der Waals surface area (Å²) >= 11 is 0. The monoisotopic (exact) mass is 279 g/mol. The van der Waals surface area contributed by atoms with E-state index in [2.05, 4.69) is 0 Å². The lowest BCUT2D eigenvalue weighted by Crippen LogP contribution is -2.22. The fraction of sp³-hybridized carbons (Fsp3) is 0.286. The van der Waals surface area contributed by atoms with Crippen LogP contribution in [0.15, 0.2) is 16.9 Å². The maximum atomic E-state index is 13.4. The van der Waals surface area contributed by atoms with Gasteiger partial charge >= 0.3 is 5.97 Å². The molecule has 4 nitrogen and oxygen atoms in total. The van der Waals surface area contributed by atoms with E-state index in [1.807, 2.05) is 0 Å². The number of aromatic nitrogens is 1. The number of nitrogens with zero attached hydrogens (tertiary/aromatic N) is 1. The Morgan fingerprint density at radius 1 is 1.30 bits per heavy atom. The third-order valence-electron chi connectivity index (χ3n) is 3.59. The van der Waals surface area contributed by atoms with Crippen molar-refractivity contribution in [2.24, 2.45) is 0 Å². The number of halogens is 2. The molecule has 1 aliphatic carbocycles. The van der Waals surface area contributed by atoms with Gasteiger partial charge < -0.3 is 9.67 Å². The Kier molecular flexibility index (Phi) is 2.64. The van der Waals surface area contributed by atoms with Crippen LogP contribution in [0.1, 0.15) is 34.9 Å². The number of carboxylic acid groups (broad SMARTS) is 1. The van der Waals surface area contributed by atoms with E-state index in [0.717, 1.165) is 25.0 Å². The normalized spacial score (nSPS) is 14.8. The maximum absolute atomic E-state index is 13.4. The molecule has 0 spiro atoms. The highest BCUT2D eigenvalue weighted by Crippen LogP contribution is 2.38. The molecule has 0 unspecified atom stereocenters. The highest BCUT2D eigenvalue weighted by atomic mass is 19.2. The van der Waals surface area contributed by atoms with Gasteiger partial charge in [0.2, 0.25) is 0 Å². The topological polar surface area (TPSA) is 59.3 Å². The van der Waals surface area contributed by atoms with E-state index in [1.165, 1.54) is 11.5 Å². The fourth-order valence-electron chi connectivity index (χ4n) is 2.50. The van der Waals surface area contributed by atoms with Crippen molar-refractivity contribution in [3.05, 3.63) is 45.2 Å². The Labute approximate surface area is 112 Å². The van der Waals surface area contributed by atoms with E-state index in [1.54, 1.807) is 0 Å². The first-order chi connectivity index (χ1) is 9.41. The predicted octanol–water partition coefficient (Wildman–Crippen LogP) is 2.62. The van der Waals surface area contributed by atoms with Crippen LogP contribution in [-0.2, 0) is 0 Å². The number of rotatable bonds is 2. The van der Waals surface area contributed by atoms with Gasteiger partial charge in [-0.3, -0.25) is 4.79 Å². The van der Waals surface area contributed by atoms with E-state index < -0.39 is 23.0 Å². The molecule has 1 aliphatic rings. The van der Waals surface area contributed by atoms with Crippen molar-refractivity contribution in [3.8, 4) is 0 Å². The number of aromatic carboxylic acids is 1. The molecule has 1 N–H and O–H groups in total. The van der Waals surface area contributed by atoms with Crippen LogP contribution < -0.4 is 5.43 Å². The smallest absolute Gasteiger partial charge is 0.352 e. The number of carbonyl (C=O) groups is 1. The van der Waals surface area contributed by atoms with Gasteiger partial charge in [0.25, 0.3) is 0 Å². The molecule has 0 radical (unpaired) electrons. The molecule has 104 valence electrons. The Bertz CT molecular complexity index is 806. The van der Waals surface area contributed by atoms with Crippen molar-refractivity contribution in [1.82, 2.24) is 4.57 Å². The highest BCUT2D eigenvalue weighted by Gasteiger charge is 2.31. The zero-order valence-electron chi connectivity index (χ0n) is 10.6. The lowest BCUT2D eigenvalue weighted by molar-refractivity contribution is 0.0683. The number of hydrogen-bond acceptors (Lipinski definition) is 2. The number of fused-ring (bicyclic) bond motifs is 1. The van der Waals surface area contributed by atoms with Crippen LogP contribution in [-0.4, -0.2) is 15.6 Å². The largest absolute Gasteiger partial charge is 0.477 e. The number of pyridine rings is 1. The maximum Gasteiger partial charge on any atom is 0.352 e. The molecule has 3 rings (SSSR count). The molecular formula is C14H11F2NO3. The van der Waals surface area contributed by atoms with Crippen LogP contribution in [0, 0.1) is 18.6 Å². The third kappa shape index (κ3) is 1.71. The van der Waals surface area contributed by atoms with Gasteiger partial charge in [0, 0.05) is 23.1 Å². The third-order valence-corrected chi connectivity index (χ3v) is 3.59. The first-order valence-corrected chi connectivity index (χ1v) is 6.19. The zero-order chi connectivity index (χ0) is 14.6. The summed E-state index contributed by atoms with van der Waals surface area (Å²) in [7, 11) is 0. The van der Waals surface area contributed by atoms with E-state index in [4.69, 9.17) is 0 Å². The second kappa shape index (κ2) is 4.13. The van der Waals surface area contributed by atoms with Gasteiger partial charge in [-0.2, -0.15) is 0 Å². The van der Waals surface area contributed by atoms with Gasteiger partial charge in [0.15, 0.2) is 17.1 Å². The average Bonchev–Trinajstić information content (AvgIpc) is 3.19. The van der Waals surface area contributed by atoms with Crippen LogP contribution in [0.4, 0.5) is 8.78 Å². The summed E-state index contributed by atoms with van der Waals surface area (Å²) in [4.78, 5) is 23.5. The van der Waals surface area contributed by atoms with Crippen LogP contribution in [0.2, 0.25) is 0 Å². The summed E-state index contributed by atoms with van der Waals surface area (Å²) < 4.78 is 28.2. The lowest BCUT2D eigenvalue weighted by atomic mass is 10.1. The predicted molar refractivity (Wildman–Crippen MR) is 68.1 cm³/mol. The second-order valence-electron chi connectivity index (χ2n) is 4.99. The first kappa shape index (κ1) is 12.8. The molecule has 0 bridgehead atoms. The van der Waals surface area contributed by atoms with E-state index >= 15 is 0 Å². The quantitative estimate of drug-likeness (QED) is 0.919. The van der Waals surface area contributed by atoms with Crippen LogP contribution >= 0.6 is 0 Å². The molecule has 0 aliphatic heterocycles. The van der Waals surface area contributed by atoms with E-state index in [-0.39, 0.29) is 28.2 Å². The van der Waals surface area contributed by atoms with Gasteiger partial charge in [-0.15, -0.1) is 0 Å². The van der Waals surface area contributed by atoms with Crippen LogP contribution in [0.3, 0.4) is 0 Å². The Balaban J connectivity index is 2.54. The van der Waals surface area contributed by atoms with Crippen molar-refractivity contribution in [3.63, 3.8) is 0 Å². The van der Waals surface area contributed by atoms with Crippen molar-refractivity contribution in [2.75, 3.05) is 0 Å². The lowest BCUT2D eigenvalue weighted by Gasteiger charge is -2.16. The van der Waals surface area contributed by atoms with Crippen molar-refractivity contribution < 1.29 is 18.7 Å². The Morgan fingerprint density at radius 3 is 2.45 bits per heavy atom. The van der Waals surface area contributed by atoms with Gasteiger partial charge in [-0.1, -0.05) is 0 Å². The highest BCUT2D eigenvalue weighted by molar-refractivity contribution is 5.92. The summed E-state index contributed by atoms with van der Waals surface area (Å²) in [6.45, 7) is 1.39. The minimum absolute atomic E-state index is 0.0123. The first-order valence-electron chi connectivity index (χ1n) is 6.19. The summed E-state index contributed by atoms with van der Waals surface area (Å²) in [5, 5.41) is 9.32. The summed E-state index contributed by atoms with van der Waals surface area (Å²) in [5.41, 5.74) is -0.536. The van der Waals surface area contributed by atoms with E-state index in [0.29, 0.717) is 0 Å². The van der Waals surface area contributed by atoms with E-state index in [9.17, 15) is 23.5 Å². The molecule has 0 atom stereocenters. The summed E-state index contributed by atoms with van der Waals surface area (Å²) in [6, 6.07) is 1.66. The SMILES string of the molecule is Cc1c(C(=O)O)n(C2CC2)c2cc(F)c(F)cc2c1=O. The molecule has 1 saturated carbocycles. The molecule has 0 amide bonds. The van der Waals surface area contributed by atoms with Gasteiger partial charge in [-0.25, -0.2) is 13.6 Å².